The van der Waals surface area contributed by atoms with Crippen LogP contribution >= 0.6 is 0 Å². The molecule has 0 fully saturated rings. The van der Waals surface area contributed by atoms with E-state index in [1.165, 1.54) is 0 Å². The Morgan fingerprint density at radius 3 is 1.28 bits per heavy atom. The molecule has 2 bridgehead atoms. The topological polar surface area (TPSA) is 71.1 Å². The van der Waals surface area contributed by atoms with Gasteiger partial charge in [-0.1, -0.05) is 48.5 Å². The summed E-state index contributed by atoms with van der Waals surface area (Å²) in [5.41, 5.74) is 4.34. The third-order valence-corrected chi connectivity index (χ3v) is 6.33. The maximum atomic E-state index is 13.4. The Hall–Kier alpha value is -2.70. The standard InChI is InChI=1S/C26H30O6/c1-3-29-13-15-31-25(27)23-21-17-9-5-7-11-19(17)22(20-12-8-6-10-18(20)21)24(23)26(28)32-16-14-30-4-2/h5-12,21-24H,3-4,13-16H2,1-2H3/t21?,22?,23-,24+. The van der Waals surface area contributed by atoms with E-state index in [1.807, 2.05) is 38.1 Å². The number of hydrogen-bond donors (Lipinski definition) is 0. The summed E-state index contributed by atoms with van der Waals surface area (Å²) >= 11 is 0. The van der Waals surface area contributed by atoms with Crippen LogP contribution in [0.4, 0.5) is 0 Å². The van der Waals surface area contributed by atoms with Crippen molar-refractivity contribution >= 4 is 11.9 Å². The summed E-state index contributed by atoms with van der Waals surface area (Å²) in [6, 6.07) is 16.1. The number of rotatable bonds is 10. The molecule has 0 saturated heterocycles. The van der Waals surface area contributed by atoms with Crippen LogP contribution in [0.5, 0.6) is 0 Å². The lowest BCUT2D eigenvalue weighted by Crippen LogP contribution is -2.48. The van der Waals surface area contributed by atoms with Crippen LogP contribution in [0.1, 0.15) is 47.9 Å². The SMILES string of the molecule is CCOCCOC(=O)[C@@H]1C2c3ccccc3C(c3ccccc32)[C@@H]1C(=O)OCCOCC. The van der Waals surface area contributed by atoms with Gasteiger partial charge in [-0.2, -0.15) is 0 Å². The Kier molecular flexibility index (Phi) is 7.22. The Morgan fingerprint density at radius 1 is 0.625 bits per heavy atom. The minimum absolute atomic E-state index is 0.163. The zero-order valence-corrected chi connectivity index (χ0v) is 18.6. The number of fused-ring (bicyclic) bond motifs is 1. The van der Waals surface area contributed by atoms with Gasteiger partial charge in [-0.25, -0.2) is 0 Å². The van der Waals surface area contributed by atoms with Crippen molar-refractivity contribution in [3.05, 3.63) is 70.8 Å². The molecule has 0 amide bonds. The Bertz CT molecular complexity index is 831. The van der Waals surface area contributed by atoms with Gasteiger partial charge in [0.2, 0.25) is 0 Å². The zero-order chi connectivity index (χ0) is 22.5. The van der Waals surface area contributed by atoms with Crippen molar-refractivity contribution in [3.63, 3.8) is 0 Å². The Morgan fingerprint density at radius 2 is 0.969 bits per heavy atom. The van der Waals surface area contributed by atoms with Crippen LogP contribution in [0.25, 0.3) is 0 Å². The molecule has 170 valence electrons. The second-order valence-corrected chi connectivity index (χ2v) is 7.99. The number of ether oxygens (including phenoxy) is 4. The third kappa shape index (κ3) is 4.17. The normalized spacial score (nSPS) is 22.7. The zero-order valence-electron chi connectivity index (χ0n) is 18.6. The highest BCUT2D eigenvalue weighted by Gasteiger charge is 2.56. The van der Waals surface area contributed by atoms with Gasteiger partial charge in [0, 0.05) is 25.0 Å². The number of hydrogen-bond acceptors (Lipinski definition) is 6. The van der Waals surface area contributed by atoms with Crippen molar-refractivity contribution in [3.8, 4) is 0 Å². The number of carbonyl (C=O) groups excluding carboxylic acids is 2. The van der Waals surface area contributed by atoms with E-state index < -0.39 is 11.8 Å². The van der Waals surface area contributed by atoms with Crippen molar-refractivity contribution in [2.45, 2.75) is 25.7 Å². The van der Waals surface area contributed by atoms with Gasteiger partial charge in [-0.05, 0) is 36.1 Å². The lowest BCUT2D eigenvalue weighted by molar-refractivity contribution is -0.165. The van der Waals surface area contributed by atoms with Crippen LogP contribution in [0.3, 0.4) is 0 Å². The molecule has 0 radical (unpaired) electrons. The van der Waals surface area contributed by atoms with Crippen molar-refractivity contribution < 1.29 is 28.5 Å². The predicted molar refractivity (Wildman–Crippen MR) is 118 cm³/mol. The summed E-state index contributed by atoms with van der Waals surface area (Å²) in [5.74, 6) is -2.56. The van der Waals surface area contributed by atoms with Crippen molar-refractivity contribution in [1.29, 1.82) is 0 Å². The first-order valence-corrected chi connectivity index (χ1v) is 11.3. The van der Waals surface area contributed by atoms with Gasteiger partial charge < -0.3 is 18.9 Å². The molecule has 6 heteroatoms. The second kappa shape index (κ2) is 10.3. The molecule has 0 heterocycles. The van der Waals surface area contributed by atoms with Crippen LogP contribution in [0.15, 0.2) is 48.5 Å². The molecule has 32 heavy (non-hydrogen) atoms. The van der Waals surface area contributed by atoms with Gasteiger partial charge in [-0.15, -0.1) is 0 Å². The fourth-order valence-corrected chi connectivity index (χ4v) is 5.13. The molecule has 2 aromatic carbocycles. The third-order valence-electron chi connectivity index (χ3n) is 6.33. The summed E-state index contributed by atoms with van der Waals surface area (Å²) in [6.45, 7) is 5.89. The van der Waals surface area contributed by atoms with E-state index in [4.69, 9.17) is 18.9 Å². The molecule has 0 N–H and O–H groups in total. The van der Waals surface area contributed by atoms with Crippen LogP contribution in [0, 0.1) is 11.8 Å². The first-order valence-electron chi connectivity index (χ1n) is 11.3. The van der Waals surface area contributed by atoms with E-state index in [2.05, 4.69) is 24.3 Å². The van der Waals surface area contributed by atoms with Gasteiger partial charge >= 0.3 is 11.9 Å². The molecule has 0 aromatic heterocycles. The first-order chi connectivity index (χ1) is 15.7. The predicted octanol–water partition coefficient (Wildman–Crippen LogP) is 3.67. The number of carbonyl (C=O) groups is 2. The van der Waals surface area contributed by atoms with Crippen molar-refractivity contribution in [2.24, 2.45) is 11.8 Å². The van der Waals surface area contributed by atoms with Gasteiger partial charge in [0.05, 0.1) is 25.0 Å². The maximum absolute atomic E-state index is 13.4. The smallest absolute Gasteiger partial charge is 0.310 e. The Balaban J connectivity index is 1.70. The molecule has 6 nitrogen and oxygen atoms in total. The fraction of sp³-hybridized carbons (Fsp3) is 0.462. The average Bonchev–Trinajstić information content (AvgIpc) is 2.83. The van der Waals surface area contributed by atoms with Crippen LogP contribution in [-0.4, -0.2) is 51.6 Å². The molecular weight excluding hydrogens is 408 g/mol. The molecule has 2 aromatic rings. The minimum atomic E-state index is -0.647. The fourth-order valence-electron chi connectivity index (χ4n) is 5.13. The monoisotopic (exact) mass is 438 g/mol. The highest BCUT2D eigenvalue weighted by molar-refractivity contribution is 5.88. The van der Waals surface area contributed by atoms with Crippen LogP contribution < -0.4 is 0 Å². The van der Waals surface area contributed by atoms with E-state index >= 15 is 0 Å². The number of benzene rings is 2. The summed E-state index contributed by atoms with van der Waals surface area (Å²) in [7, 11) is 0. The maximum Gasteiger partial charge on any atom is 0.310 e. The summed E-state index contributed by atoms with van der Waals surface area (Å²) in [6.07, 6.45) is 0. The first kappa shape index (κ1) is 22.5. The molecule has 3 aliphatic carbocycles. The highest BCUT2D eigenvalue weighted by Crippen LogP contribution is 2.58. The van der Waals surface area contributed by atoms with E-state index in [-0.39, 0.29) is 37.0 Å². The van der Waals surface area contributed by atoms with Gasteiger partial charge in [0.25, 0.3) is 0 Å². The highest BCUT2D eigenvalue weighted by atomic mass is 16.6. The van der Waals surface area contributed by atoms with Crippen molar-refractivity contribution in [1.82, 2.24) is 0 Å². The summed E-state index contributed by atoms with van der Waals surface area (Å²) in [4.78, 5) is 26.7. The Labute approximate surface area is 188 Å². The molecule has 0 aliphatic heterocycles. The van der Waals surface area contributed by atoms with E-state index in [0.717, 1.165) is 22.3 Å². The van der Waals surface area contributed by atoms with E-state index in [1.54, 1.807) is 0 Å². The molecule has 0 unspecified atom stereocenters. The summed E-state index contributed by atoms with van der Waals surface area (Å²) < 4.78 is 21.8. The molecular formula is C26H30O6. The van der Waals surface area contributed by atoms with Crippen LogP contribution in [-0.2, 0) is 28.5 Å². The molecule has 0 saturated carbocycles. The molecule has 3 aliphatic rings. The van der Waals surface area contributed by atoms with Crippen LogP contribution in [0.2, 0.25) is 0 Å². The second-order valence-electron chi connectivity index (χ2n) is 7.99. The lowest BCUT2D eigenvalue weighted by atomic mass is 9.54. The van der Waals surface area contributed by atoms with Gasteiger partial charge in [0.1, 0.15) is 13.2 Å². The molecule has 2 atom stereocenters. The van der Waals surface area contributed by atoms with Gasteiger partial charge in [0.15, 0.2) is 0 Å². The van der Waals surface area contributed by atoms with Crippen molar-refractivity contribution in [2.75, 3.05) is 39.6 Å². The van der Waals surface area contributed by atoms with E-state index in [0.29, 0.717) is 26.4 Å². The molecule has 0 spiro atoms. The largest absolute Gasteiger partial charge is 0.463 e. The lowest BCUT2D eigenvalue weighted by Gasteiger charge is -2.48. The number of esters is 2. The van der Waals surface area contributed by atoms with E-state index in [9.17, 15) is 9.59 Å². The summed E-state index contributed by atoms with van der Waals surface area (Å²) in [5, 5.41) is 0. The quantitative estimate of drug-likeness (QED) is 0.416. The van der Waals surface area contributed by atoms with Gasteiger partial charge in [-0.3, -0.25) is 9.59 Å². The molecule has 5 rings (SSSR count). The minimum Gasteiger partial charge on any atom is -0.463 e. The average molecular weight is 439 g/mol.